The highest BCUT2D eigenvalue weighted by molar-refractivity contribution is 5.76. The predicted octanol–water partition coefficient (Wildman–Crippen LogP) is 11.3. The Hall–Kier alpha value is -2.71. The highest BCUT2D eigenvalue weighted by Gasteiger charge is 2.15. The number of likely N-dealkylation sites (N-methyl/N-ethyl adjacent to an activating group) is 1. The SMILES string of the molecule is CCCCC/C=C\C/C=C\CCCCCCCC(=O)OCCC(CCOC(=O)CCCCCCC/C=C\C/C=C\CCCCC)NC(=O)CCN(C)CCO. The molecule has 55 heavy (non-hydrogen) atoms. The van der Waals surface area contributed by atoms with Gasteiger partial charge in [0.15, 0.2) is 0 Å². The summed E-state index contributed by atoms with van der Waals surface area (Å²) < 4.78 is 11.0. The Morgan fingerprint density at radius 1 is 0.545 bits per heavy atom. The van der Waals surface area contributed by atoms with Gasteiger partial charge in [0.25, 0.3) is 0 Å². The minimum absolute atomic E-state index is 0.0435. The van der Waals surface area contributed by atoms with E-state index in [0.717, 1.165) is 64.2 Å². The fourth-order valence-electron chi connectivity index (χ4n) is 6.10. The second-order valence-corrected chi connectivity index (χ2v) is 15.0. The normalized spacial score (nSPS) is 12.0. The van der Waals surface area contributed by atoms with E-state index in [0.29, 0.717) is 45.2 Å². The van der Waals surface area contributed by atoms with Gasteiger partial charge in [-0.15, -0.1) is 0 Å². The smallest absolute Gasteiger partial charge is 0.305 e. The van der Waals surface area contributed by atoms with Crippen molar-refractivity contribution < 1.29 is 29.0 Å². The Morgan fingerprint density at radius 2 is 0.945 bits per heavy atom. The third-order valence-corrected chi connectivity index (χ3v) is 9.69. The van der Waals surface area contributed by atoms with Crippen LogP contribution in [0.5, 0.6) is 0 Å². The van der Waals surface area contributed by atoms with E-state index >= 15 is 0 Å². The lowest BCUT2D eigenvalue weighted by Crippen LogP contribution is -2.38. The molecule has 0 spiro atoms. The zero-order valence-electron chi connectivity index (χ0n) is 35.8. The number of carbonyl (C=O) groups is 3. The van der Waals surface area contributed by atoms with E-state index in [1.165, 1.54) is 77.0 Å². The number of allylic oxidation sites excluding steroid dienone is 8. The Bertz CT molecular complexity index is 943. The molecule has 0 heterocycles. The van der Waals surface area contributed by atoms with Crippen molar-refractivity contribution in [2.24, 2.45) is 0 Å². The molecule has 0 aliphatic heterocycles. The summed E-state index contributed by atoms with van der Waals surface area (Å²) in [6.07, 6.45) is 45.3. The van der Waals surface area contributed by atoms with Crippen LogP contribution in [0.3, 0.4) is 0 Å². The van der Waals surface area contributed by atoms with E-state index in [-0.39, 0.29) is 43.7 Å². The number of aliphatic hydroxyl groups is 1. The highest BCUT2D eigenvalue weighted by atomic mass is 16.5. The fourth-order valence-corrected chi connectivity index (χ4v) is 6.10. The number of nitrogens with zero attached hydrogens (tertiary/aromatic N) is 1. The molecule has 0 aliphatic carbocycles. The maximum atomic E-state index is 12.7. The van der Waals surface area contributed by atoms with Crippen LogP contribution in [0.4, 0.5) is 0 Å². The average Bonchev–Trinajstić information content (AvgIpc) is 3.17. The largest absolute Gasteiger partial charge is 0.466 e. The molecule has 0 radical (unpaired) electrons. The lowest BCUT2D eigenvalue weighted by atomic mass is 10.1. The molecular weight excluding hydrogens is 689 g/mol. The summed E-state index contributed by atoms with van der Waals surface area (Å²) in [7, 11) is 1.86. The van der Waals surface area contributed by atoms with Gasteiger partial charge in [-0.05, 0) is 84.1 Å². The van der Waals surface area contributed by atoms with Gasteiger partial charge in [0, 0.05) is 51.2 Å². The molecule has 0 aromatic carbocycles. The van der Waals surface area contributed by atoms with Gasteiger partial charge in [-0.2, -0.15) is 0 Å². The van der Waals surface area contributed by atoms with Crippen LogP contribution in [-0.2, 0) is 23.9 Å². The quantitative estimate of drug-likeness (QED) is 0.0363. The van der Waals surface area contributed by atoms with Gasteiger partial charge in [-0.25, -0.2) is 0 Å². The van der Waals surface area contributed by atoms with E-state index in [9.17, 15) is 14.4 Å². The Kier molecular flexibility index (Phi) is 40.3. The van der Waals surface area contributed by atoms with Gasteiger partial charge in [0.2, 0.25) is 5.91 Å². The third kappa shape index (κ3) is 40.8. The second kappa shape index (κ2) is 42.4. The van der Waals surface area contributed by atoms with Crippen molar-refractivity contribution in [2.75, 3.05) is 40.0 Å². The molecule has 0 rings (SSSR count). The van der Waals surface area contributed by atoms with Gasteiger partial charge in [0.05, 0.1) is 19.8 Å². The van der Waals surface area contributed by atoms with Crippen LogP contribution < -0.4 is 5.32 Å². The molecule has 8 heteroatoms. The fraction of sp³-hybridized carbons (Fsp3) is 0.766. The molecule has 0 saturated heterocycles. The summed E-state index contributed by atoms with van der Waals surface area (Å²) in [5.41, 5.74) is 0. The van der Waals surface area contributed by atoms with E-state index in [2.05, 4.69) is 67.8 Å². The molecule has 318 valence electrons. The molecule has 2 N–H and O–H groups in total. The lowest BCUT2D eigenvalue weighted by molar-refractivity contribution is -0.144. The van der Waals surface area contributed by atoms with Crippen molar-refractivity contribution in [3.63, 3.8) is 0 Å². The number of nitrogens with one attached hydrogen (secondary N) is 1. The number of hydrogen-bond acceptors (Lipinski definition) is 7. The third-order valence-electron chi connectivity index (χ3n) is 9.69. The van der Waals surface area contributed by atoms with E-state index < -0.39 is 0 Å². The first-order valence-electron chi connectivity index (χ1n) is 22.4. The Morgan fingerprint density at radius 3 is 1.36 bits per heavy atom. The number of rotatable bonds is 40. The first kappa shape index (κ1) is 52.3. The van der Waals surface area contributed by atoms with E-state index in [1.54, 1.807) is 0 Å². The molecule has 0 saturated carbocycles. The summed E-state index contributed by atoms with van der Waals surface area (Å²) in [5, 5.41) is 12.2. The van der Waals surface area contributed by atoms with Crippen molar-refractivity contribution >= 4 is 17.8 Å². The van der Waals surface area contributed by atoms with E-state index in [4.69, 9.17) is 14.6 Å². The minimum atomic E-state index is -0.261. The number of esters is 2. The predicted molar refractivity (Wildman–Crippen MR) is 231 cm³/mol. The van der Waals surface area contributed by atoms with Gasteiger partial charge < -0.3 is 24.8 Å². The van der Waals surface area contributed by atoms with Crippen LogP contribution in [0.15, 0.2) is 48.6 Å². The first-order valence-corrected chi connectivity index (χ1v) is 22.4. The molecule has 0 aromatic rings. The van der Waals surface area contributed by atoms with Crippen LogP contribution in [0.1, 0.15) is 187 Å². The van der Waals surface area contributed by atoms with Crippen LogP contribution in [0.2, 0.25) is 0 Å². The average molecular weight is 773 g/mol. The van der Waals surface area contributed by atoms with Crippen molar-refractivity contribution in [1.29, 1.82) is 0 Å². The van der Waals surface area contributed by atoms with Crippen LogP contribution in [0, 0.1) is 0 Å². The highest BCUT2D eigenvalue weighted by Crippen LogP contribution is 2.11. The molecule has 0 aromatic heterocycles. The second-order valence-electron chi connectivity index (χ2n) is 15.0. The molecule has 0 bridgehead atoms. The van der Waals surface area contributed by atoms with Crippen LogP contribution in [0.25, 0.3) is 0 Å². The van der Waals surface area contributed by atoms with Gasteiger partial charge in [-0.3, -0.25) is 14.4 Å². The molecule has 8 nitrogen and oxygen atoms in total. The molecule has 0 aliphatic rings. The zero-order chi connectivity index (χ0) is 40.3. The van der Waals surface area contributed by atoms with Crippen molar-refractivity contribution in [2.45, 2.75) is 193 Å². The monoisotopic (exact) mass is 773 g/mol. The molecular formula is C47H84N2O6. The lowest BCUT2D eigenvalue weighted by Gasteiger charge is -2.20. The van der Waals surface area contributed by atoms with E-state index in [1.807, 2.05) is 11.9 Å². The van der Waals surface area contributed by atoms with Crippen LogP contribution in [-0.4, -0.2) is 73.9 Å². The summed E-state index contributed by atoms with van der Waals surface area (Å²) >= 11 is 0. The summed E-state index contributed by atoms with van der Waals surface area (Å²) in [4.78, 5) is 39.3. The maximum absolute atomic E-state index is 12.7. The molecule has 0 atom stereocenters. The summed E-state index contributed by atoms with van der Waals surface area (Å²) in [6, 6.07) is -0.261. The zero-order valence-corrected chi connectivity index (χ0v) is 35.8. The van der Waals surface area contributed by atoms with Gasteiger partial charge >= 0.3 is 11.9 Å². The Labute approximate surface area is 338 Å². The summed E-state index contributed by atoms with van der Waals surface area (Å²) in [6.45, 7) is 5.98. The Balaban J connectivity index is 4.22. The minimum Gasteiger partial charge on any atom is -0.466 e. The van der Waals surface area contributed by atoms with Gasteiger partial charge in [-0.1, -0.05) is 127 Å². The number of carbonyl (C=O) groups excluding carboxylic acids is 3. The number of unbranched alkanes of at least 4 members (excludes halogenated alkanes) is 16. The number of ether oxygens (including phenoxy) is 2. The summed E-state index contributed by atoms with van der Waals surface area (Å²) in [5.74, 6) is -0.516. The standard InChI is InChI=1S/C47H84N2O6/c1-4-6-8-10-12-14-16-18-20-22-24-26-28-30-32-34-46(52)54-42-37-44(48-45(51)36-39-49(3)40-41-50)38-43-55-47(53)35-33-31-29-27-25-23-21-19-17-15-13-11-9-7-5-2/h12-15,18-21,44,50H,4-11,16-17,22-43H2,1-3H3,(H,48,51)/b14-12-,15-13-,20-18-,21-19-. The van der Waals surface area contributed by atoms with Crippen molar-refractivity contribution in [3.05, 3.63) is 48.6 Å². The molecule has 0 fully saturated rings. The molecule has 0 unspecified atom stereocenters. The van der Waals surface area contributed by atoms with Crippen molar-refractivity contribution in [3.8, 4) is 0 Å². The van der Waals surface area contributed by atoms with Crippen molar-refractivity contribution in [1.82, 2.24) is 10.2 Å². The number of hydrogen-bond donors (Lipinski definition) is 2. The van der Waals surface area contributed by atoms with Gasteiger partial charge in [0.1, 0.15) is 0 Å². The molecule has 1 amide bonds. The topological polar surface area (TPSA) is 105 Å². The number of amides is 1. The maximum Gasteiger partial charge on any atom is 0.305 e. The van der Waals surface area contributed by atoms with Crippen LogP contribution >= 0.6 is 0 Å². The first-order chi connectivity index (χ1) is 26.9. The number of aliphatic hydroxyl groups excluding tert-OH is 1.